The molecule has 0 saturated heterocycles. The van der Waals surface area contributed by atoms with E-state index in [-0.39, 0.29) is 5.54 Å². The lowest BCUT2D eigenvalue weighted by Crippen LogP contribution is -2.42. The second-order valence-electron chi connectivity index (χ2n) is 5.83. The van der Waals surface area contributed by atoms with Gasteiger partial charge in [-0.1, -0.05) is 37.6 Å². The Kier molecular flexibility index (Phi) is 3.02. The molecule has 1 aromatic rings. The van der Waals surface area contributed by atoms with E-state index in [4.69, 9.17) is 17.3 Å². The number of benzene rings is 1. The van der Waals surface area contributed by atoms with E-state index in [2.05, 4.69) is 19.9 Å². The van der Waals surface area contributed by atoms with Gasteiger partial charge in [-0.15, -0.1) is 0 Å². The van der Waals surface area contributed by atoms with E-state index >= 15 is 0 Å². The molecule has 0 aromatic heterocycles. The van der Waals surface area contributed by atoms with Gasteiger partial charge in [-0.25, -0.2) is 0 Å². The standard InChI is InChI=1S/C14H20ClN/c1-13(2)6-8-14(16,9-7-13)11-4-3-5-12(15)10-11/h3-5,10H,6-9,16H2,1-2H3. The Hall–Kier alpha value is -0.530. The molecule has 2 N–H and O–H groups in total. The van der Waals surface area contributed by atoms with Crippen molar-refractivity contribution in [1.29, 1.82) is 0 Å². The smallest absolute Gasteiger partial charge is 0.0410 e. The first-order chi connectivity index (χ1) is 7.41. The van der Waals surface area contributed by atoms with Crippen LogP contribution >= 0.6 is 11.6 Å². The van der Waals surface area contributed by atoms with Crippen LogP contribution in [0.2, 0.25) is 5.02 Å². The summed E-state index contributed by atoms with van der Waals surface area (Å²) in [5.41, 5.74) is 7.98. The lowest BCUT2D eigenvalue weighted by molar-refractivity contribution is 0.165. The van der Waals surface area contributed by atoms with Gasteiger partial charge in [0.1, 0.15) is 0 Å². The molecular formula is C14H20ClN. The maximum Gasteiger partial charge on any atom is 0.0410 e. The van der Waals surface area contributed by atoms with E-state index in [0.717, 1.165) is 17.9 Å². The molecule has 0 atom stereocenters. The monoisotopic (exact) mass is 237 g/mol. The predicted molar refractivity (Wildman–Crippen MR) is 69.6 cm³/mol. The maximum atomic E-state index is 6.51. The summed E-state index contributed by atoms with van der Waals surface area (Å²) in [6.45, 7) is 4.65. The third kappa shape index (κ3) is 2.41. The van der Waals surface area contributed by atoms with Crippen LogP contribution < -0.4 is 5.73 Å². The molecule has 0 radical (unpaired) electrons. The third-order valence-corrected chi connectivity index (χ3v) is 4.13. The highest BCUT2D eigenvalue weighted by Gasteiger charge is 2.36. The molecule has 1 aliphatic rings. The van der Waals surface area contributed by atoms with Crippen molar-refractivity contribution >= 4 is 11.6 Å². The topological polar surface area (TPSA) is 26.0 Å². The van der Waals surface area contributed by atoms with Crippen molar-refractivity contribution in [3.05, 3.63) is 34.9 Å². The minimum atomic E-state index is -0.166. The van der Waals surface area contributed by atoms with Crippen molar-refractivity contribution in [2.24, 2.45) is 11.1 Å². The van der Waals surface area contributed by atoms with Crippen LogP contribution in [0.5, 0.6) is 0 Å². The van der Waals surface area contributed by atoms with E-state index < -0.39 is 0 Å². The highest BCUT2D eigenvalue weighted by Crippen LogP contribution is 2.43. The Bertz CT molecular complexity index is 374. The molecule has 1 aromatic carbocycles. The molecule has 0 aliphatic heterocycles. The molecule has 2 rings (SSSR count). The van der Waals surface area contributed by atoms with E-state index in [1.54, 1.807) is 0 Å². The van der Waals surface area contributed by atoms with Gasteiger partial charge in [0.2, 0.25) is 0 Å². The molecule has 0 heterocycles. The quantitative estimate of drug-likeness (QED) is 0.782. The Balaban J connectivity index is 2.21. The Morgan fingerprint density at radius 3 is 2.31 bits per heavy atom. The van der Waals surface area contributed by atoms with Gasteiger partial charge in [0, 0.05) is 10.6 Å². The summed E-state index contributed by atoms with van der Waals surface area (Å²) in [6.07, 6.45) is 4.49. The Morgan fingerprint density at radius 1 is 1.12 bits per heavy atom. The summed E-state index contributed by atoms with van der Waals surface area (Å²) >= 11 is 6.03. The van der Waals surface area contributed by atoms with Gasteiger partial charge in [-0.3, -0.25) is 0 Å². The van der Waals surface area contributed by atoms with E-state index in [9.17, 15) is 0 Å². The van der Waals surface area contributed by atoms with E-state index in [1.807, 2.05) is 18.2 Å². The van der Waals surface area contributed by atoms with E-state index in [0.29, 0.717) is 5.41 Å². The van der Waals surface area contributed by atoms with Crippen molar-refractivity contribution in [1.82, 2.24) is 0 Å². The maximum absolute atomic E-state index is 6.51. The van der Waals surface area contributed by atoms with Gasteiger partial charge in [-0.2, -0.15) is 0 Å². The van der Waals surface area contributed by atoms with Gasteiger partial charge in [-0.05, 0) is 48.8 Å². The van der Waals surface area contributed by atoms with Gasteiger partial charge < -0.3 is 5.73 Å². The van der Waals surface area contributed by atoms with Crippen LogP contribution in [0.25, 0.3) is 0 Å². The molecule has 2 heteroatoms. The van der Waals surface area contributed by atoms with Crippen LogP contribution in [0, 0.1) is 5.41 Å². The fourth-order valence-corrected chi connectivity index (χ4v) is 2.65. The van der Waals surface area contributed by atoms with Gasteiger partial charge in [0.15, 0.2) is 0 Å². The molecule has 0 amide bonds. The molecule has 1 saturated carbocycles. The molecule has 1 nitrogen and oxygen atoms in total. The third-order valence-electron chi connectivity index (χ3n) is 3.90. The number of nitrogens with two attached hydrogens (primary N) is 1. The fraction of sp³-hybridized carbons (Fsp3) is 0.571. The summed E-state index contributed by atoms with van der Waals surface area (Å²) in [5.74, 6) is 0. The number of hydrogen-bond acceptors (Lipinski definition) is 1. The Morgan fingerprint density at radius 2 is 1.75 bits per heavy atom. The van der Waals surface area contributed by atoms with Crippen LogP contribution in [0.1, 0.15) is 45.1 Å². The van der Waals surface area contributed by atoms with Crippen molar-refractivity contribution in [2.45, 2.75) is 45.1 Å². The van der Waals surface area contributed by atoms with E-state index in [1.165, 1.54) is 18.4 Å². The minimum absolute atomic E-state index is 0.166. The number of hydrogen-bond donors (Lipinski definition) is 1. The highest BCUT2D eigenvalue weighted by atomic mass is 35.5. The molecule has 16 heavy (non-hydrogen) atoms. The van der Waals surface area contributed by atoms with Gasteiger partial charge in [0.05, 0.1) is 0 Å². The average molecular weight is 238 g/mol. The van der Waals surface area contributed by atoms with Crippen LogP contribution in [0.4, 0.5) is 0 Å². The zero-order valence-electron chi connectivity index (χ0n) is 10.1. The van der Waals surface area contributed by atoms with Crippen LogP contribution in [-0.2, 0) is 5.54 Å². The van der Waals surface area contributed by atoms with Crippen LogP contribution in [-0.4, -0.2) is 0 Å². The van der Waals surface area contributed by atoms with Crippen molar-refractivity contribution in [3.63, 3.8) is 0 Å². The van der Waals surface area contributed by atoms with Gasteiger partial charge >= 0.3 is 0 Å². The van der Waals surface area contributed by atoms with Gasteiger partial charge in [0.25, 0.3) is 0 Å². The fourth-order valence-electron chi connectivity index (χ4n) is 2.46. The molecule has 1 fully saturated rings. The first-order valence-electron chi connectivity index (χ1n) is 5.96. The SMILES string of the molecule is CC1(C)CCC(N)(c2cccc(Cl)c2)CC1. The summed E-state index contributed by atoms with van der Waals surface area (Å²) in [6, 6.07) is 8.01. The largest absolute Gasteiger partial charge is 0.321 e. The number of rotatable bonds is 1. The molecular weight excluding hydrogens is 218 g/mol. The predicted octanol–water partition coefficient (Wildman–Crippen LogP) is 4.09. The van der Waals surface area contributed by atoms with Crippen LogP contribution in [0.15, 0.2) is 24.3 Å². The first-order valence-corrected chi connectivity index (χ1v) is 6.34. The lowest BCUT2D eigenvalue weighted by atomic mass is 9.67. The number of halogens is 1. The second kappa shape index (κ2) is 4.05. The molecule has 0 spiro atoms. The molecule has 1 aliphatic carbocycles. The molecule has 0 bridgehead atoms. The highest BCUT2D eigenvalue weighted by molar-refractivity contribution is 6.30. The van der Waals surface area contributed by atoms with Crippen molar-refractivity contribution < 1.29 is 0 Å². The molecule has 88 valence electrons. The lowest BCUT2D eigenvalue weighted by Gasteiger charge is -2.41. The molecule has 0 unspecified atom stereocenters. The minimum Gasteiger partial charge on any atom is -0.321 e. The first kappa shape index (κ1) is 11.9. The van der Waals surface area contributed by atoms with Crippen LogP contribution in [0.3, 0.4) is 0 Å². The summed E-state index contributed by atoms with van der Waals surface area (Å²) < 4.78 is 0. The summed E-state index contributed by atoms with van der Waals surface area (Å²) in [5, 5.41) is 0.784. The van der Waals surface area contributed by atoms with Crippen molar-refractivity contribution in [3.8, 4) is 0 Å². The Labute approximate surface area is 103 Å². The summed E-state index contributed by atoms with van der Waals surface area (Å²) in [7, 11) is 0. The zero-order chi connectivity index (χ0) is 11.8. The zero-order valence-corrected chi connectivity index (χ0v) is 10.8. The summed E-state index contributed by atoms with van der Waals surface area (Å²) in [4.78, 5) is 0. The second-order valence-corrected chi connectivity index (χ2v) is 6.27. The average Bonchev–Trinajstić information content (AvgIpc) is 2.23. The van der Waals surface area contributed by atoms with Crippen molar-refractivity contribution in [2.75, 3.05) is 0 Å². The normalized spacial score (nSPS) is 23.0.